The molecular formula is C13H19BrN2. The second kappa shape index (κ2) is 4.86. The van der Waals surface area contributed by atoms with Crippen LogP contribution in [0.15, 0.2) is 28.7 Å². The number of benzene rings is 1. The molecule has 0 spiro atoms. The first-order valence-corrected chi connectivity index (χ1v) is 6.55. The molecule has 1 saturated heterocycles. The summed E-state index contributed by atoms with van der Waals surface area (Å²) in [7, 11) is 2.20. The molecule has 0 aliphatic carbocycles. The van der Waals surface area contributed by atoms with Gasteiger partial charge in [-0.25, -0.2) is 0 Å². The van der Waals surface area contributed by atoms with Crippen LogP contribution < -0.4 is 5.32 Å². The number of halogens is 1. The van der Waals surface area contributed by atoms with E-state index < -0.39 is 0 Å². The Balaban J connectivity index is 2.25. The summed E-state index contributed by atoms with van der Waals surface area (Å²) in [5.74, 6) is 0. The molecule has 2 rings (SSSR count). The summed E-state index contributed by atoms with van der Waals surface area (Å²) in [6.07, 6.45) is 0. The van der Waals surface area contributed by atoms with Gasteiger partial charge in [0.05, 0.1) is 0 Å². The van der Waals surface area contributed by atoms with Crippen LogP contribution in [0.1, 0.15) is 12.5 Å². The Morgan fingerprint density at radius 3 is 2.69 bits per heavy atom. The first kappa shape index (κ1) is 12.1. The minimum absolute atomic E-state index is 0.214. The quantitative estimate of drug-likeness (QED) is 0.850. The van der Waals surface area contributed by atoms with E-state index in [-0.39, 0.29) is 5.41 Å². The van der Waals surface area contributed by atoms with Crippen LogP contribution >= 0.6 is 15.9 Å². The highest BCUT2D eigenvalue weighted by molar-refractivity contribution is 9.10. The third-order valence-electron chi connectivity index (χ3n) is 3.35. The lowest BCUT2D eigenvalue weighted by Crippen LogP contribution is -2.39. The minimum atomic E-state index is 0.214. The van der Waals surface area contributed by atoms with Gasteiger partial charge in [-0.3, -0.25) is 0 Å². The molecule has 1 atom stereocenters. The Hall–Kier alpha value is -0.380. The first-order chi connectivity index (χ1) is 7.60. The average molecular weight is 283 g/mol. The third-order valence-corrected chi connectivity index (χ3v) is 3.87. The van der Waals surface area contributed by atoms with E-state index in [1.165, 1.54) is 5.56 Å². The second-order valence-corrected chi connectivity index (χ2v) is 5.90. The fourth-order valence-electron chi connectivity index (χ4n) is 2.41. The minimum Gasteiger partial charge on any atom is -0.315 e. The van der Waals surface area contributed by atoms with E-state index in [1.807, 2.05) is 0 Å². The summed E-state index contributed by atoms with van der Waals surface area (Å²) in [5.41, 5.74) is 1.63. The standard InChI is InChI=1S/C13H19BrN2/c1-13(9-15-7-8-16(2)10-13)11-3-5-12(14)6-4-11/h3-6,15H,7-10H2,1-2H3. The van der Waals surface area contributed by atoms with Crippen molar-refractivity contribution in [1.82, 2.24) is 10.2 Å². The lowest BCUT2D eigenvalue weighted by molar-refractivity contribution is 0.290. The van der Waals surface area contributed by atoms with Crippen molar-refractivity contribution in [1.29, 1.82) is 0 Å². The predicted molar refractivity (Wildman–Crippen MR) is 71.9 cm³/mol. The Bertz CT molecular complexity index is 349. The van der Waals surface area contributed by atoms with E-state index in [2.05, 4.69) is 64.4 Å². The summed E-state index contributed by atoms with van der Waals surface area (Å²) in [6.45, 7) is 6.72. The van der Waals surface area contributed by atoms with Crippen molar-refractivity contribution in [3.63, 3.8) is 0 Å². The van der Waals surface area contributed by atoms with Gasteiger partial charge < -0.3 is 10.2 Å². The number of likely N-dealkylation sites (N-methyl/N-ethyl adjacent to an activating group) is 1. The van der Waals surface area contributed by atoms with Crippen molar-refractivity contribution in [2.24, 2.45) is 0 Å². The number of hydrogen-bond donors (Lipinski definition) is 1. The van der Waals surface area contributed by atoms with Crippen LogP contribution in [-0.4, -0.2) is 38.1 Å². The van der Waals surface area contributed by atoms with Crippen LogP contribution in [-0.2, 0) is 5.41 Å². The zero-order valence-corrected chi connectivity index (χ0v) is 11.5. The third kappa shape index (κ3) is 2.65. The molecule has 1 aromatic carbocycles. The van der Waals surface area contributed by atoms with Crippen molar-refractivity contribution in [3.8, 4) is 0 Å². The molecule has 2 nitrogen and oxygen atoms in total. The molecule has 0 amide bonds. The van der Waals surface area contributed by atoms with Crippen LogP contribution in [0.5, 0.6) is 0 Å². The highest BCUT2D eigenvalue weighted by Crippen LogP contribution is 2.26. The molecular weight excluding hydrogens is 264 g/mol. The van der Waals surface area contributed by atoms with Crippen molar-refractivity contribution in [2.75, 3.05) is 33.2 Å². The SMILES string of the molecule is CN1CCNCC(C)(c2ccc(Br)cc2)C1. The van der Waals surface area contributed by atoms with E-state index in [9.17, 15) is 0 Å². The molecule has 88 valence electrons. The van der Waals surface area contributed by atoms with Gasteiger partial charge in [-0.1, -0.05) is 35.0 Å². The van der Waals surface area contributed by atoms with E-state index in [0.717, 1.165) is 30.7 Å². The van der Waals surface area contributed by atoms with Gasteiger partial charge in [0, 0.05) is 36.1 Å². The van der Waals surface area contributed by atoms with Crippen molar-refractivity contribution in [2.45, 2.75) is 12.3 Å². The number of nitrogens with one attached hydrogen (secondary N) is 1. The van der Waals surface area contributed by atoms with Crippen molar-refractivity contribution in [3.05, 3.63) is 34.3 Å². The maximum Gasteiger partial charge on any atom is 0.0176 e. The van der Waals surface area contributed by atoms with Gasteiger partial charge in [-0.15, -0.1) is 0 Å². The van der Waals surface area contributed by atoms with Crippen molar-refractivity contribution >= 4 is 15.9 Å². The number of hydrogen-bond acceptors (Lipinski definition) is 2. The van der Waals surface area contributed by atoms with Crippen LogP contribution in [0, 0.1) is 0 Å². The molecule has 1 unspecified atom stereocenters. The lowest BCUT2D eigenvalue weighted by atomic mass is 9.82. The van der Waals surface area contributed by atoms with E-state index in [1.54, 1.807) is 0 Å². The predicted octanol–water partition coefficient (Wildman–Crippen LogP) is 2.24. The number of rotatable bonds is 1. The highest BCUT2D eigenvalue weighted by Gasteiger charge is 2.29. The van der Waals surface area contributed by atoms with Crippen LogP contribution in [0.2, 0.25) is 0 Å². The molecule has 1 aliphatic rings. The molecule has 1 aliphatic heterocycles. The fraction of sp³-hybridized carbons (Fsp3) is 0.538. The smallest absolute Gasteiger partial charge is 0.0176 e. The Labute approximate surface area is 106 Å². The summed E-state index contributed by atoms with van der Waals surface area (Å²) < 4.78 is 1.15. The Morgan fingerprint density at radius 1 is 1.31 bits per heavy atom. The van der Waals surface area contributed by atoms with Crippen molar-refractivity contribution < 1.29 is 0 Å². The maximum absolute atomic E-state index is 3.53. The zero-order valence-electron chi connectivity index (χ0n) is 9.96. The average Bonchev–Trinajstić information content (AvgIpc) is 2.41. The molecule has 1 heterocycles. The van der Waals surface area contributed by atoms with E-state index in [4.69, 9.17) is 0 Å². The van der Waals surface area contributed by atoms with Gasteiger partial charge in [0.25, 0.3) is 0 Å². The highest BCUT2D eigenvalue weighted by atomic mass is 79.9. The second-order valence-electron chi connectivity index (χ2n) is 4.98. The largest absolute Gasteiger partial charge is 0.315 e. The molecule has 16 heavy (non-hydrogen) atoms. The molecule has 3 heteroatoms. The first-order valence-electron chi connectivity index (χ1n) is 5.75. The zero-order chi connectivity index (χ0) is 11.6. The van der Waals surface area contributed by atoms with Gasteiger partial charge in [-0.05, 0) is 24.7 Å². The normalized spacial score (nSPS) is 27.7. The van der Waals surface area contributed by atoms with Gasteiger partial charge in [0.2, 0.25) is 0 Å². The van der Waals surface area contributed by atoms with Crippen LogP contribution in [0.3, 0.4) is 0 Å². The van der Waals surface area contributed by atoms with Gasteiger partial charge in [-0.2, -0.15) is 0 Å². The maximum atomic E-state index is 3.53. The van der Waals surface area contributed by atoms with E-state index in [0.29, 0.717) is 0 Å². The van der Waals surface area contributed by atoms with Gasteiger partial charge in [0.1, 0.15) is 0 Å². The fourth-order valence-corrected chi connectivity index (χ4v) is 2.67. The Morgan fingerprint density at radius 2 is 2.00 bits per heavy atom. The summed E-state index contributed by atoms with van der Waals surface area (Å²) in [6, 6.07) is 8.72. The monoisotopic (exact) mass is 282 g/mol. The molecule has 0 radical (unpaired) electrons. The molecule has 1 N–H and O–H groups in total. The molecule has 0 aromatic heterocycles. The molecule has 1 fully saturated rings. The van der Waals surface area contributed by atoms with E-state index >= 15 is 0 Å². The molecule has 1 aromatic rings. The summed E-state index contributed by atoms with van der Waals surface area (Å²) in [4.78, 5) is 2.40. The number of nitrogens with zero attached hydrogens (tertiary/aromatic N) is 1. The van der Waals surface area contributed by atoms with Crippen LogP contribution in [0.4, 0.5) is 0 Å². The Kier molecular flexibility index (Phi) is 3.67. The summed E-state index contributed by atoms with van der Waals surface area (Å²) in [5, 5.41) is 3.53. The molecule has 0 bridgehead atoms. The summed E-state index contributed by atoms with van der Waals surface area (Å²) >= 11 is 3.49. The van der Waals surface area contributed by atoms with Gasteiger partial charge in [0.15, 0.2) is 0 Å². The van der Waals surface area contributed by atoms with Crippen LogP contribution in [0.25, 0.3) is 0 Å². The molecule has 0 saturated carbocycles. The topological polar surface area (TPSA) is 15.3 Å². The van der Waals surface area contributed by atoms with Gasteiger partial charge >= 0.3 is 0 Å². The lowest BCUT2D eigenvalue weighted by Gasteiger charge is -2.31.